The second-order valence-corrected chi connectivity index (χ2v) is 5.28. The van der Waals surface area contributed by atoms with Crippen molar-refractivity contribution in [3.05, 3.63) is 63.9 Å². The lowest BCUT2D eigenvalue weighted by Gasteiger charge is -2.05. The van der Waals surface area contributed by atoms with E-state index in [0.29, 0.717) is 13.0 Å². The summed E-state index contributed by atoms with van der Waals surface area (Å²) in [5.41, 5.74) is 2.74. The molecule has 0 unspecified atom stereocenters. The molecular weight excluding hydrogens is 286 g/mol. The average Bonchev–Trinajstić information content (AvgIpc) is 2.96. The highest BCUT2D eigenvalue weighted by Gasteiger charge is 2.03. The fraction of sp³-hybridized carbons (Fsp3) is 0.125. The van der Waals surface area contributed by atoms with E-state index in [0.717, 1.165) is 22.8 Å². The van der Waals surface area contributed by atoms with Gasteiger partial charge in [0.25, 0.3) is 0 Å². The fourth-order valence-corrected chi connectivity index (χ4v) is 2.48. The second-order valence-electron chi connectivity index (χ2n) is 4.50. The number of thiophene rings is 1. The molecular formula is C16H15NO3S. The minimum Gasteiger partial charge on any atom is -0.478 e. The second kappa shape index (κ2) is 7.40. The van der Waals surface area contributed by atoms with E-state index in [4.69, 9.17) is 5.11 Å². The van der Waals surface area contributed by atoms with Crippen LogP contribution in [0.1, 0.15) is 16.7 Å². The Morgan fingerprint density at radius 2 is 2.10 bits per heavy atom. The topological polar surface area (TPSA) is 66.4 Å². The number of hydrogen-bond donors (Lipinski definition) is 2. The molecule has 0 saturated heterocycles. The molecule has 1 heterocycles. The molecule has 0 fully saturated rings. The number of benzene rings is 1. The van der Waals surface area contributed by atoms with Crippen molar-refractivity contribution in [2.75, 3.05) is 0 Å². The van der Waals surface area contributed by atoms with Crippen molar-refractivity contribution in [2.24, 2.45) is 0 Å². The predicted octanol–water partition coefficient (Wildman–Crippen LogP) is 2.70. The van der Waals surface area contributed by atoms with Crippen LogP contribution in [-0.2, 0) is 22.6 Å². The minimum absolute atomic E-state index is 0.0279. The number of aliphatic carboxylic acids is 1. The van der Waals surface area contributed by atoms with Gasteiger partial charge in [-0.3, -0.25) is 4.79 Å². The Labute approximate surface area is 126 Å². The monoisotopic (exact) mass is 301 g/mol. The van der Waals surface area contributed by atoms with Crippen molar-refractivity contribution in [3.8, 4) is 0 Å². The Morgan fingerprint density at radius 1 is 1.24 bits per heavy atom. The molecule has 1 aromatic carbocycles. The summed E-state index contributed by atoms with van der Waals surface area (Å²) in [5, 5.41) is 15.4. The van der Waals surface area contributed by atoms with Gasteiger partial charge in [0, 0.05) is 12.6 Å². The Balaban J connectivity index is 1.89. The average molecular weight is 301 g/mol. The van der Waals surface area contributed by atoms with E-state index in [9.17, 15) is 9.59 Å². The van der Waals surface area contributed by atoms with Gasteiger partial charge in [-0.2, -0.15) is 11.3 Å². The van der Waals surface area contributed by atoms with Crippen molar-refractivity contribution < 1.29 is 14.7 Å². The first kappa shape index (κ1) is 15.0. The van der Waals surface area contributed by atoms with Crippen LogP contribution in [0.15, 0.2) is 47.2 Å². The Hall–Kier alpha value is -2.40. The maximum atomic E-state index is 11.8. The molecule has 21 heavy (non-hydrogen) atoms. The van der Waals surface area contributed by atoms with E-state index >= 15 is 0 Å². The molecule has 108 valence electrons. The first-order chi connectivity index (χ1) is 10.1. The third-order valence-electron chi connectivity index (χ3n) is 2.80. The molecule has 2 N–H and O–H groups in total. The summed E-state index contributed by atoms with van der Waals surface area (Å²) in [5.74, 6) is -1.01. The first-order valence-corrected chi connectivity index (χ1v) is 7.35. The lowest BCUT2D eigenvalue weighted by molar-refractivity contribution is -0.131. The van der Waals surface area contributed by atoms with E-state index in [1.165, 1.54) is 6.08 Å². The predicted molar refractivity (Wildman–Crippen MR) is 83.0 cm³/mol. The lowest BCUT2D eigenvalue weighted by atomic mass is 10.1. The number of rotatable bonds is 6. The molecule has 0 aliphatic carbocycles. The van der Waals surface area contributed by atoms with Gasteiger partial charge in [-0.15, -0.1) is 0 Å². The van der Waals surface area contributed by atoms with Gasteiger partial charge < -0.3 is 10.4 Å². The van der Waals surface area contributed by atoms with Crippen molar-refractivity contribution in [1.82, 2.24) is 5.32 Å². The molecule has 0 bridgehead atoms. The highest BCUT2D eigenvalue weighted by atomic mass is 32.1. The van der Waals surface area contributed by atoms with Gasteiger partial charge in [0.15, 0.2) is 0 Å². The number of carbonyl (C=O) groups is 2. The first-order valence-electron chi connectivity index (χ1n) is 6.41. The molecule has 2 aromatic rings. The maximum absolute atomic E-state index is 11.8. The van der Waals surface area contributed by atoms with Gasteiger partial charge in [0.05, 0.1) is 6.42 Å². The molecule has 1 amide bonds. The molecule has 1 aromatic heterocycles. The van der Waals surface area contributed by atoms with E-state index < -0.39 is 5.97 Å². The SMILES string of the molecule is O=C(O)C=Cc1cccc(CNC(=O)Cc2ccsc2)c1. The van der Waals surface area contributed by atoms with E-state index in [2.05, 4.69) is 5.32 Å². The van der Waals surface area contributed by atoms with Crippen LogP contribution in [0.3, 0.4) is 0 Å². The molecule has 0 aliphatic heterocycles. The summed E-state index contributed by atoms with van der Waals surface area (Å²) in [6, 6.07) is 9.33. The number of carbonyl (C=O) groups excluding carboxylic acids is 1. The standard InChI is InChI=1S/C16H15NO3S/c18-15(9-14-6-7-21-11-14)17-10-13-3-1-2-12(8-13)4-5-16(19)20/h1-8,11H,9-10H2,(H,17,18)(H,19,20). The smallest absolute Gasteiger partial charge is 0.328 e. The zero-order valence-corrected chi connectivity index (χ0v) is 12.1. The van der Waals surface area contributed by atoms with E-state index in [-0.39, 0.29) is 5.91 Å². The van der Waals surface area contributed by atoms with E-state index in [1.807, 2.05) is 41.1 Å². The van der Waals surface area contributed by atoms with Crippen molar-refractivity contribution in [3.63, 3.8) is 0 Å². The van der Waals surface area contributed by atoms with Gasteiger partial charge >= 0.3 is 5.97 Å². The Bertz CT molecular complexity index is 647. The third kappa shape index (κ3) is 5.24. The Morgan fingerprint density at radius 3 is 2.81 bits per heavy atom. The highest BCUT2D eigenvalue weighted by molar-refractivity contribution is 7.07. The summed E-state index contributed by atoms with van der Waals surface area (Å²) < 4.78 is 0. The summed E-state index contributed by atoms with van der Waals surface area (Å²) in [7, 11) is 0. The van der Waals surface area contributed by atoms with Gasteiger partial charge in [0.2, 0.25) is 5.91 Å². The third-order valence-corrected chi connectivity index (χ3v) is 3.54. The molecule has 0 saturated carbocycles. The molecule has 5 heteroatoms. The van der Waals surface area contributed by atoms with Crippen LogP contribution < -0.4 is 5.32 Å². The highest BCUT2D eigenvalue weighted by Crippen LogP contribution is 2.08. The number of carboxylic acid groups (broad SMARTS) is 1. The van der Waals surface area contributed by atoms with Gasteiger partial charge in [-0.1, -0.05) is 18.2 Å². The van der Waals surface area contributed by atoms with Crippen molar-refractivity contribution in [1.29, 1.82) is 0 Å². The summed E-state index contributed by atoms with van der Waals surface area (Å²) in [6.07, 6.45) is 3.00. The Kier molecular flexibility index (Phi) is 5.29. The summed E-state index contributed by atoms with van der Waals surface area (Å²) in [6.45, 7) is 0.428. The molecule has 0 atom stereocenters. The zero-order chi connectivity index (χ0) is 15.1. The summed E-state index contributed by atoms with van der Waals surface area (Å²) in [4.78, 5) is 22.3. The van der Waals surface area contributed by atoms with Crippen molar-refractivity contribution in [2.45, 2.75) is 13.0 Å². The number of nitrogens with one attached hydrogen (secondary N) is 1. The number of carboxylic acids is 1. The van der Waals surface area contributed by atoms with Gasteiger partial charge in [-0.05, 0) is 45.7 Å². The van der Waals surface area contributed by atoms with Crippen LogP contribution in [0.4, 0.5) is 0 Å². The van der Waals surface area contributed by atoms with Gasteiger partial charge in [-0.25, -0.2) is 4.79 Å². The van der Waals surface area contributed by atoms with Crippen LogP contribution in [0.2, 0.25) is 0 Å². The fourth-order valence-electron chi connectivity index (χ4n) is 1.82. The quantitative estimate of drug-likeness (QED) is 0.806. The van der Waals surface area contributed by atoms with Crippen LogP contribution in [0.5, 0.6) is 0 Å². The molecule has 0 radical (unpaired) electrons. The lowest BCUT2D eigenvalue weighted by Crippen LogP contribution is -2.24. The molecule has 0 aliphatic rings. The normalized spacial score (nSPS) is 10.7. The zero-order valence-electron chi connectivity index (χ0n) is 11.3. The minimum atomic E-state index is -0.982. The van der Waals surface area contributed by atoms with Crippen LogP contribution in [0, 0.1) is 0 Å². The van der Waals surface area contributed by atoms with Crippen LogP contribution in [0.25, 0.3) is 6.08 Å². The number of hydrogen-bond acceptors (Lipinski definition) is 3. The van der Waals surface area contributed by atoms with E-state index in [1.54, 1.807) is 11.3 Å². The molecule has 0 spiro atoms. The number of amides is 1. The largest absolute Gasteiger partial charge is 0.478 e. The molecule has 2 rings (SSSR count). The van der Waals surface area contributed by atoms with Gasteiger partial charge in [0.1, 0.15) is 0 Å². The van der Waals surface area contributed by atoms with Crippen LogP contribution in [-0.4, -0.2) is 17.0 Å². The van der Waals surface area contributed by atoms with Crippen LogP contribution >= 0.6 is 11.3 Å². The molecule has 4 nitrogen and oxygen atoms in total. The van der Waals surface area contributed by atoms with Crippen molar-refractivity contribution >= 4 is 29.3 Å². The summed E-state index contributed by atoms with van der Waals surface area (Å²) >= 11 is 1.57. The maximum Gasteiger partial charge on any atom is 0.328 e.